The fourth-order valence-electron chi connectivity index (χ4n) is 4.56. The number of rotatable bonds is 5. The van der Waals surface area contributed by atoms with Gasteiger partial charge in [0.05, 0.1) is 11.0 Å². The summed E-state index contributed by atoms with van der Waals surface area (Å²) in [7, 11) is 0. The van der Waals surface area contributed by atoms with Crippen molar-refractivity contribution < 1.29 is 4.79 Å². The molecule has 0 atom stereocenters. The number of carbonyl (C=O) groups excluding carboxylic acids is 1. The maximum atomic E-state index is 13.3. The second-order valence-corrected chi connectivity index (χ2v) is 9.30. The molecular weight excluding hydrogens is 438 g/mol. The van der Waals surface area contributed by atoms with Crippen molar-refractivity contribution in [2.24, 2.45) is 5.92 Å². The summed E-state index contributed by atoms with van der Waals surface area (Å²) in [6.07, 6.45) is 1.79. The fourth-order valence-corrected chi connectivity index (χ4v) is 4.56. The molecule has 0 saturated carbocycles. The molecule has 1 fully saturated rings. The van der Waals surface area contributed by atoms with Gasteiger partial charge in [0.1, 0.15) is 11.5 Å². The molecule has 35 heavy (non-hydrogen) atoms. The van der Waals surface area contributed by atoms with Crippen LogP contribution in [-0.2, 0) is 6.54 Å². The number of anilines is 1. The molecule has 0 bridgehead atoms. The summed E-state index contributed by atoms with van der Waals surface area (Å²) >= 11 is 0. The smallest absolute Gasteiger partial charge is 0.277 e. The molecule has 2 aromatic carbocycles. The Labute approximate surface area is 204 Å². The van der Waals surface area contributed by atoms with E-state index in [0.717, 1.165) is 35.5 Å². The van der Waals surface area contributed by atoms with Crippen molar-refractivity contribution in [2.45, 2.75) is 20.4 Å². The third kappa shape index (κ3) is 4.67. The van der Waals surface area contributed by atoms with Gasteiger partial charge < -0.3 is 14.4 Å². The number of fused-ring (bicyclic) bond motifs is 1. The van der Waals surface area contributed by atoms with Crippen molar-refractivity contribution >= 4 is 22.8 Å². The Balaban J connectivity index is 1.36. The van der Waals surface area contributed by atoms with Crippen molar-refractivity contribution in [3.05, 3.63) is 88.8 Å². The lowest BCUT2D eigenvalue weighted by molar-refractivity contribution is 0.0746. The van der Waals surface area contributed by atoms with Gasteiger partial charge in [0, 0.05) is 50.0 Å². The summed E-state index contributed by atoms with van der Waals surface area (Å²) < 4.78 is 1.81. The summed E-state index contributed by atoms with van der Waals surface area (Å²) in [6.45, 7) is 7.59. The van der Waals surface area contributed by atoms with Gasteiger partial charge in [0.25, 0.3) is 11.5 Å². The quantitative estimate of drug-likeness (QED) is 0.442. The van der Waals surface area contributed by atoms with Gasteiger partial charge in [0.15, 0.2) is 0 Å². The third-order valence-electron chi connectivity index (χ3n) is 6.35. The van der Waals surface area contributed by atoms with Gasteiger partial charge in [-0.05, 0) is 42.3 Å². The minimum absolute atomic E-state index is 0.000843. The Morgan fingerprint density at radius 3 is 2.31 bits per heavy atom. The first-order chi connectivity index (χ1) is 17.0. The van der Waals surface area contributed by atoms with E-state index >= 15 is 0 Å². The number of benzene rings is 2. The summed E-state index contributed by atoms with van der Waals surface area (Å²) in [6, 6.07) is 20.8. The van der Waals surface area contributed by atoms with Crippen LogP contribution in [0.5, 0.6) is 0 Å². The van der Waals surface area contributed by atoms with Crippen LogP contribution >= 0.6 is 0 Å². The van der Waals surface area contributed by atoms with Crippen molar-refractivity contribution in [3.63, 3.8) is 0 Å². The van der Waals surface area contributed by atoms with Gasteiger partial charge in [0.2, 0.25) is 0 Å². The standard InChI is InChI=1S/C28H29N5O2/c1-20(2)19-33-24-8-4-3-7-23(24)30-26(28(33)35)21-10-12-22(13-11-21)27(34)32-17-15-31(16-18-32)25-9-5-6-14-29-25/h3-14,20H,15-19H2,1-2H3. The summed E-state index contributed by atoms with van der Waals surface area (Å²) in [5.41, 5.74) is 3.26. The maximum Gasteiger partial charge on any atom is 0.277 e. The number of piperazine rings is 1. The first-order valence-corrected chi connectivity index (χ1v) is 12.1. The van der Waals surface area contributed by atoms with Crippen LogP contribution in [0.2, 0.25) is 0 Å². The number of para-hydroxylation sites is 2. The Morgan fingerprint density at radius 1 is 0.914 bits per heavy atom. The molecule has 5 rings (SSSR count). The minimum atomic E-state index is -0.109. The SMILES string of the molecule is CC(C)Cn1c(=O)c(-c2ccc(C(=O)N3CCN(c4ccccn4)CC3)cc2)nc2ccccc21. The topological polar surface area (TPSA) is 71.3 Å². The molecule has 178 valence electrons. The molecule has 2 aromatic heterocycles. The van der Waals surface area contributed by atoms with Crippen LogP contribution in [0.3, 0.4) is 0 Å². The molecule has 7 heteroatoms. The number of hydrogen-bond acceptors (Lipinski definition) is 5. The predicted octanol–water partition coefficient (Wildman–Crippen LogP) is 4.08. The highest BCUT2D eigenvalue weighted by Crippen LogP contribution is 2.20. The Kier molecular flexibility index (Phi) is 6.31. The fraction of sp³-hybridized carbons (Fsp3) is 0.286. The average molecular weight is 468 g/mol. The van der Waals surface area contributed by atoms with Gasteiger partial charge in [-0.1, -0.05) is 44.2 Å². The molecule has 1 saturated heterocycles. The van der Waals surface area contributed by atoms with E-state index in [1.54, 1.807) is 18.3 Å². The summed E-state index contributed by atoms with van der Waals surface area (Å²) in [4.78, 5) is 39.6. The van der Waals surface area contributed by atoms with Crippen LogP contribution in [0.25, 0.3) is 22.3 Å². The van der Waals surface area contributed by atoms with Crippen LogP contribution in [-0.4, -0.2) is 51.5 Å². The lowest BCUT2D eigenvalue weighted by Crippen LogP contribution is -2.49. The lowest BCUT2D eigenvalue weighted by atomic mass is 10.1. The molecule has 4 aromatic rings. The number of hydrogen-bond donors (Lipinski definition) is 0. The van der Waals surface area contributed by atoms with Crippen LogP contribution in [0.15, 0.2) is 77.7 Å². The molecule has 1 amide bonds. The van der Waals surface area contributed by atoms with E-state index in [1.165, 1.54) is 0 Å². The van der Waals surface area contributed by atoms with E-state index in [2.05, 4.69) is 28.7 Å². The number of amides is 1. The van der Waals surface area contributed by atoms with E-state index in [4.69, 9.17) is 0 Å². The Bertz CT molecular complexity index is 1390. The molecule has 1 aliphatic rings. The molecule has 0 N–H and O–H groups in total. The highest BCUT2D eigenvalue weighted by Gasteiger charge is 2.23. The van der Waals surface area contributed by atoms with E-state index in [9.17, 15) is 9.59 Å². The largest absolute Gasteiger partial charge is 0.353 e. The van der Waals surface area contributed by atoms with Crippen LogP contribution in [0.1, 0.15) is 24.2 Å². The number of carbonyl (C=O) groups is 1. The van der Waals surface area contributed by atoms with E-state index in [1.807, 2.05) is 64.1 Å². The zero-order chi connectivity index (χ0) is 24.4. The highest BCUT2D eigenvalue weighted by molar-refractivity contribution is 5.95. The maximum absolute atomic E-state index is 13.3. The zero-order valence-electron chi connectivity index (χ0n) is 20.1. The first kappa shape index (κ1) is 22.8. The zero-order valence-corrected chi connectivity index (χ0v) is 20.1. The second-order valence-electron chi connectivity index (χ2n) is 9.30. The molecule has 0 radical (unpaired) electrons. The molecule has 0 unspecified atom stereocenters. The first-order valence-electron chi connectivity index (χ1n) is 12.1. The Morgan fingerprint density at radius 2 is 1.63 bits per heavy atom. The van der Waals surface area contributed by atoms with Crippen molar-refractivity contribution in [2.75, 3.05) is 31.1 Å². The van der Waals surface area contributed by atoms with Gasteiger partial charge >= 0.3 is 0 Å². The van der Waals surface area contributed by atoms with Crippen LogP contribution in [0.4, 0.5) is 5.82 Å². The van der Waals surface area contributed by atoms with Gasteiger partial charge in [-0.25, -0.2) is 9.97 Å². The number of pyridine rings is 1. The number of aromatic nitrogens is 3. The van der Waals surface area contributed by atoms with Gasteiger partial charge in [-0.3, -0.25) is 9.59 Å². The predicted molar refractivity (Wildman–Crippen MR) is 139 cm³/mol. The van der Waals surface area contributed by atoms with Gasteiger partial charge in [-0.2, -0.15) is 0 Å². The van der Waals surface area contributed by atoms with Crippen LogP contribution in [0, 0.1) is 5.92 Å². The molecular formula is C28H29N5O2. The van der Waals surface area contributed by atoms with Crippen LogP contribution < -0.4 is 10.5 Å². The summed E-state index contributed by atoms with van der Waals surface area (Å²) in [5.74, 6) is 1.26. The minimum Gasteiger partial charge on any atom is -0.353 e. The number of nitrogens with zero attached hydrogens (tertiary/aromatic N) is 5. The van der Waals surface area contributed by atoms with Gasteiger partial charge in [-0.15, -0.1) is 0 Å². The highest BCUT2D eigenvalue weighted by atomic mass is 16.2. The van der Waals surface area contributed by atoms with E-state index in [-0.39, 0.29) is 11.5 Å². The lowest BCUT2D eigenvalue weighted by Gasteiger charge is -2.35. The van der Waals surface area contributed by atoms with Crippen molar-refractivity contribution in [1.29, 1.82) is 0 Å². The molecule has 0 aliphatic carbocycles. The Hall–Kier alpha value is -4.00. The third-order valence-corrected chi connectivity index (χ3v) is 6.35. The summed E-state index contributed by atoms with van der Waals surface area (Å²) in [5, 5.41) is 0. The van der Waals surface area contributed by atoms with E-state index in [0.29, 0.717) is 36.8 Å². The molecule has 1 aliphatic heterocycles. The van der Waals surface area contributed by atoms with E-state index < -0.39 is 0 Å². The van der Waals surface area contributed by atoms with Crippen molar-refractivity contribution in [1.82, 2.24) is 19.4 Å². The second kappa shape index (κ2) is 9.70. The normalized spacial score (nSPS) is 14.0. The molecule has 3 heterocycles. The molecule has 0 spiro atoms. The molecule has 7 nitrogen and oxygen atoms in total. The monoisotopic (exact) mass is 467 g/mol. The van der Waals surface area contributed by atoms with Crippen molar-refractivity contribution in [3.8, 4) is 11.3 Å². The average Bonchev–Trinajstić information content (AvgIpc) is 2.90.